The fourth-order valence-electron chi connectivity index (χ4n) is 5.37. The van der Waals surface area contributed by atoms with Gasteiger partial charge in [0.15, 0.2) is 11.6 Å². The lowest BCUT2D eigenvalue weighted by molar-refractivity contribution is -0.0591. The number of nitriles is 1. The molecule has 2 atom stereocenters. The summed E-state index contributed by atoms with van der Waals surface area (Å²) in [4.78, 5) is 23.1. The number of carboxylic acids is 1. The largest absolute Gasteiger partial charge is 0.484 e. The van der Waals surface area contributed by atoms with Crippen LogP contribution in [0, 0.1) is 23.0 Å². The second-order valence-electron chi connectivity index (χ2n) is 10.4. The number of nitrogens with zero attached hydrogens (tertiary/aromatic N) is 5. The highest BCUT2D eigenvalue weighted by atomic mass is 19.1. The van der Waals surface area contributed by atoms with Crippen molar-refractivity contribution in [1.29, 1.82) is 5.26 Å². The summed E-state index contributed by atoms with van der Waals surface area (Å²) in [5.74, 6) is -1.39. The Bertz CT molecular complexity index is 1660. The zero-order valence-corrected chi connectivity index (χ0v) is 22.1. The molecule has 4 heterocycles. The summed E-state index contributed by atoms with van der Waals surface area (Å²) >= 11 is 0. The number of carboxylic acid groups (broad SMARTS) is 1. The van der Waals surface area contributed by atoms with Crippen LogP contribution in [0.25, 0.3) is 11.0 Å². The van der Waals surface area contributed by atoms with Crippen molar-refractivity contribution in [3.63, 3.8) is 0 Å². The van der Waals surface area contributed by atoms with E-state index in [1.165, 1.54) is 24.3 Å². The Morgan fingerprint density at radius 3 is 2.71 bits per heavy atom. The molecule has 4 aromatic rings. The minimum atomic E-state index is -0.993. The van der Waals surface area contributed by atoms with E-state index in [0.29, 0.717) is 50.6 Å². The molecule has 41 heavy (non-hydrogen) atoms. The number of aromatic nitrogens is 3. The molecule has 2 fully saturated rings. The van der Waals surface area contributed by atoms with Gasteiger partial charge >= 0.3 is 5.97 Å². The van der Waals surface area contributed by atoms with Crippen LogP contribution < -0.4 is 4.74 Å². The molecule has 1 unspecified atom stereocenters. The number of ether oxygens (including phenoxy) is 2. The zero-order chi connectivity index (χ0) is 28.5. The summed E-state index contributed by atoms with van der Waals surface area (Å²) in [6.45, 7) is 3.06. The third-order valence-electron chi connectivity index (χ3n) is 7.65. The molecule has 0 saturated carbocycles. The lowest BCUT2D eigenvalue weighted by Crippen LogP contribution is -2.32. The van der Waals surface area contributed by atoms with Gasteiger partial charge in [0.25, 0.3) is 0 Å². The van der Waals surface area contributed by atoms with Crippen molar-refractivity contribution in [3.8, 4) is 11.8 Å². The van der Waals surface area contributed by atoms with E-state index < -0.39 is 17.6 Å². The average molecular weight is 560 g/mol. The minimum Gasteiger partial charge on any atom is -0.484 e. The summed E-state index contributed by atoms with van der Waals surface area (Å²) in [5.41, 5.74) is 2.69. The van der Waals surface area contributed by atoms with E-state index in [4.69, 9.17) is 19.7 Å². The Balaban J connectivity index is 1.17. The smallest absolute Gasteiger partial charge is 0.335 e. The number of pyridine rings is 1. The maximum atomic E-state index is 14.9. The van der Waals surface area contributed by atoms with Crippen molar-refractivity contribution in [2.24, 2.45) is 0 Å². The van der Waals surface area contributed by atoms with Crippen molar-refractivity contribution in [1.82, 2.24) is 19.4 Å². The molecule has 11 heteroatoms. The standard InChI is InChI=1S/C30H27F2N5O4/c31-23-4-3-21(17-41-27-6-1-18(13-33)11-24(27)32)34-29(23)20-7-9-36(14-20)16-28-35-25-5-2-19(30(38)39)12-26(25)37(28)15-22-8-10-40-22/h1-6,11-12,20,22H,7-10,14-17H2,(H,38,39)/t20?,22-/m0/s1. The molecule has 0 bridgehead atoms. The molecule has 0 radical (unpaired) electrons. The normalized spacial score (nSPS) is 18.8. The van der Waals surface area contributed by atoms with E-state index in [1.807, 2.05) is 10.6 Å². The van der Waals surface area contributed by atoms with E-state index >= 15 is 0 Å². The van der Waals surface area contributed by atoms with Crippen LogP contribution in [0.1, 0.15) is 51.9 Å². The van der Waals surface area contributed by atoms with Crippen molar-refractivity contribution >= 4 is 17.0 Å². The van der Waals surface area contributed by atoms with E-state index in [9.17, 15) is 18.7 Å². The molecule has 2 aromatic carbocycles. The average Bonchev–Trinajstić information content (AvgIpc) is 3.54. The van der Waals surface area contributed by atoms with Gasteiger partial charge in [0.05, 0.1) is 58.8 Å². The first-order valence-electron chi connectivity index (χ1n) is 13.4. The van der Waals surface area contributed by atoms with E-state index in [0.717, 1.165) is 29.3 Å². The third-order valence-corrected chi connectivity index (χ3v) is 7.65. The molecule has 2 aliphatic rings. The zero-order valence-electron chi connectivity index (χ0n) is 22.1. The predicted molar refractivity (Wildman–Crippen MR) is 143 cm³/mol. The first kappa shape index (κ1) is 26.8. The van der Waals surface area contributed by atoms with Crippen LogP contribution >= 0.6 is 0 Å². The summed E-state index contributed by atoms with van der Waals surface area (Å²) in [7, 11) is 0. The van der Waals surface area contributed by atoms with Crippen molar-refractivity contribution in [2.45, 2.75) is 44.6 Å². The molecular weight excluding hydrogens is 532 g/mol. The molecule has 0 aliphatic carbocycles. The number of carbonyl (C=O) groups is 1. The lowest BCUT2D eigenvalue weighted by atomic mass is 10.0. The number of fused-ring (bicyclic) bond motifs is 1. The molecular formula is C30H27F2N5O4. The number of halogens is 2. The number of likely N-dealkylation sites (tertiary alicyclic amines) is 1. The first-order valence-corrected chi connectivity index (χ1v) is 13.4. The summed E-state index contributed by atoms with van der Waals surface area (Å²) in [5, 5.41) is 18.4. The van der Waals surface area contributed by atoms with Gasteiger partial charge in [-0.3, -0.25) is 9.88 Å². The van der Waals surface area contributed by atoms with Crippen molar-refractivity contribution in [3.05, 3.63) is 88.5 Å². The number of imidazole rings is 1. The maximum Gasteiger partial charge on any atom is 0.335 e. The van der Waals surface area contributed by atoms with Gasteiger partial charge in [-0.25, -0.2) is 18.6 Å². The molecule has 6 rings (SSSR count). The van der Waals surface area contributed by atoms with Crippen LogP contribution in [0.3, 0.4) is 0 Å². The second kappa shape index (κ2) is 11.2. The number of benzene rings is 2. The van der Waals surface area contributed by atoms with Crippen LogP contribution in [0.5, 0.6) is 5.75 Å². The third kappa shape index (κ3) is 5.62. The lowest BCUT2D eigenvalue weighted by Gasteiger charge is -2.28. The van der Waals surface area contributed by atoms with Crippen LogP contribution in [-0.2, 0) is 24.4 Å². The van der Waals surface area contributed by atoms with Gasteiger partial charge < -0.3 is 19.1 Å². The summed E-state index contributed by atoms with van der Waals surface area (Å²) < 4.78 is 42.3. The molecule has 0 spiro atoms. The van der Waals surface area contributed by atoms with Crippen LogP contribution in [0.2, 0.25) is 0 Å². The second-order valence-corrected chi connectivity index (χ2v) is 10.4. The van der Waals surface area contributed by atoms with Gasteiger partial charge in [-0.1, -0.05) is 0 Å². The molecule has 9 nitrogen and oxygen atoms in total. The van der Waals surface area contributed by atoms with Crippen LogP contribution in [0.4, 0.5) is 8.78 Å². The van der Waals surface area contributed by atoms with Gasteiger partial charge in [0.1, 0.15) is 18.2 Å². The van der Waals surface area contributed by atoms with Crippen molar-refractivity contribution < 1.29 is 28.2 Å². The van der Waals surface area contributed by atoms with Gasteiger partial charge in [0, 0.05) is 19.1 Å². The monoisotopic (exact) mass is 559 g/mol. The van der Waals surface area contributed by atoms with E-state index in [2.05, 4.69) is 9.88 Å². The van der Waals surface area contributed by atoms with Crippen molar-refractivity contribution in [2.75, 3.05) is 19.7 Å². The van der Waals surface area contributed by atoms with Gasteiger partial charge in [0.2, 0.25) is 0 Å². The Morgan fingerprint density at radius 1 is 1.12 bits per heavy atom. The highest BCUT2D eigenvalue weighted by Gasteiger charge is 2.30. The molecule has 2 aromatic heterocycles. The van der Waals surface area contributed by atoms with Gasteiger partial charge in [-0.2, -0.15) is 5.26 Å². The van der Waals surface area contributed by atoms with Crippen LogP contribution in [-0.4, -0.2) is 56.3 Å². The number of hydrogen-bond donors (Lipinski definition) is 1. The Hall–Kier alpha value is -4.40. The number of hydrogen-bond acceptors (Lipinski definition) is 7. The Labute approximate surface area is 234 Å². The number of rotatable bonds is 9. The molecule has 210 valence electrons. The number of aromatic carboxylic acids is 1. The fraction of sp³-hybridized carbons (Fsp3) is 0.333. The highest BCUT2D eigenvalue weighted by Crippen LogP contribution is 2.30. The van der Waals surface area contributed by atoms with E-state index in [1.54, 1.807) is 18.2 Å². The summed E-state index contributed by atoms with van der Waals surface area (Å²) in [6.07, 6.45) is 1.70. The fourth-order valence-corrected chi connectivity index (χ4v) is 5.37. The molecule has 1 N–H and O–H groups in total. The predicted octanol–water partition coefficient (Wildman–Crippen LogP) is 4.64. The first-order chi connectivity index (χ1) is 19.9. The molecule has 2 saturated heterocycles. The SMILES string of the molecule is N#Cc1ccc(OCc2ccc(F)c(C3CCN(Cc4nc5ccc(C(=O)O)cc5n4C[C@@H]4CCO4)C3)n2)c(F)c1. The topological polar surface area (TPSA) is 114 Å². The maximum absolute atomic E-state index is 14.9. The van der Waals surface area contributed by atoms with E-state index in [-0.39, 0.29) is 35.5 Å². The Kier molecular flexibility index (Phi) is 7.34. The Morgan fingerprint density at radius 2 is 1.98 bits per heavy atom. The summed E-state index contributed by atoms with van der Waals surface area (Å²) in [6, 6.07) is 13.6. The van der Waals surface area contributed by atoms with Gasteiger partial charge in [-0.05, 0) is 67.9 Å². The highest BCUT2D eigenvalue weighted by molar-refractivity contribution is 5.92. The van der Waals surface area contributed by atoms with Crippen LogP contribution in [0.15, 0.2) is 48.5 Å². The minimum absolute atomic E-state index is 0.00520. The molecule has 2 aliphatic heterocycles. The van der Waals surface area contributed by atoms with Gasteiger partial charge in [-0.15, -0.1) is 0 Å². The quantitative estimate of drug-likeness (QED) is 0.316. The molecule has 0 amide bonds.